The van der Waals surface area contributed by atoms with Crippen molar-refractivity contribution in [2.45, 2.75) is 24.9 Å². The summed E-state index contributed by atoms with van der Waals surface area (Å²) in [5, 5.41) is 3.54. The van der Waals surface area contributed by atoms with Gasteiger partial charge in [-0.1, -0.05) is 60.7 Å². The first-order chi connectivity index (χ1) is 10.4. The molecule has 1 heterocycles. The van der Waals surface area contributed by atoms with Gasteiger partial charge in [-0.15, -0.1) is 0 Å². The molecule has 1 fully saturated rings. The van der Waals surface area contributed by atoms with Crippen LogP contribution in [0.1, 0.15) is 24.0 Å². The monoisotopic (exact) mass is 281 g/mol. The number of benzene rings is 2. The van der Waals surface area contributed by atoms with Gasteiger partial charge in [0.15, 0.2) is 0 Å². The standard InChI is InChI=1S/C19H23NO/c1-3-8-17(9-4-1)14-21-16-19(12-7-13-20-15-19)18-10-5-2-6-11-18/h1-6,8-11,20H,7,12-16H2. The van der Waals surface area contributed by atoms with Gasteiger partial charge in [-0.25, -0.2) is 0 Å². The summed E-state index contributed by atoms with van der Waals surface area (Å²) in [6, 6.07) is 21.2. The van der Waals surface area contributed by atoms with Crippen molar-refractivity contribution >= 4 is 0 Å². The molecule has 0 saturated carbocycles. The molecule has 0 radical (unpaired) electrons. The van der Waals surface area contributed by atoms with Crippen molar-refractivity contribution in [1.29, 1.82) is 0 Å². The molecular formula is C19H23NO. The maximum atomic E-state index is 6.08. The van der Waals surface area contributed by atoms with E-state index in [4.69, 9.17) is 4.74 Å². The lowest BCUT2D eigenvalue weighted by Crippen LogP contribution is -2.46. The zero-order chi connectivity index (χ0) is 14.4. The van der Waals surface area contributed by atoms with E-state index in [2.05, 4.69) is 59.9 Å². The highest BCUT2D eigenvalue weighted by Crippen LogP contribution is 2.31. The number of nitrogens with one attached hydrogen (secondary N) is 1. The van der Waals surface area contributed by atoms with Gasteiger partial charge >= 0.3 is 0 Å². The number of hydrogen-bond donors (Lipinski definition) is 1. The first-order valence-corrected chi connectivity index (χ1v) is 7.77. The molecule has 2 heteroatoms. The first-order valence-electron chi connectivity index (χ1n) is 7.77. The third-order valence-corrected chi connectivity index (χ3v) is 4.35. The van der Waals surface area contributed by atoms with E-state index in [0.29, 0.717) is 6.61 Å². The fourth-order valence-corrected chi connectivity index (χ4v) is 3.15. The van der Waals surface area contributed by atoms with Gasteiger partial charge in [-0.3, -0.25) is 0 Å². The summed E-state index contributed by atoms with van der Waals surface area (Å²) in [5.74, 6) is 0. The van der Waals surface area contributed by atoms with Gasteiger partial charge in [-0.2, -0.15) is 0 Å². The third-order valence-electron chi connectivity index (χ3n) is 4.35. The third kappa shape index (κ3) is 3.52. The molecule has 0 bridgehead atoms. The summed E-state index contributed by atoms with van der Waals surface area (Å²) in [4.78, 5) is 0. The average Bonchev–Trinajstić information content (AvgIpc) is 2.58. The van der Waals surface area contributed by atoms with Gasteiger partial charge in [-0.05, 0) is 30.5 Å². The smallest absolute Gasteiger partial charge is 0.0717 e. The van der Waals surface area contributed by atoms with Crippen molar-refractivity contribution in [3.8, 4) is 0 Å². The van der Waals surface area contributed by atoms with E-state index >= 15 is 0 Å². The van der Waals surface area contributed by atoms with E-state index in [1.807, 2.05) is 6.07 Å². The SMILES string of the molecule is c1ccc(COCC2(c3ccccc3)CCCNC2)cc1. The zero-order valence-corrected chi connectivity index (χ0v) is 12.4. The molecule has 2 aromatic rings. The van der Waals surface area contributed by atoms with Gasteiger partial charge in [0, 0.05) is 12.0 Å². The van der Waals surface area contributed by atoms with Crippen LogP contribution in [0.5, 0.6) is 0 Å². The lowest BCUT2D eigenvalue weighted by atomic mass is 9.75. The number of hydrogen-bond acceptors (Lipinski definition) is 2. The van der Waals surface area contributed by atoms with Crippen LogP contribution in [0.3, 0.4) is 0 Å². The predicted octanol–water partition coefficient (Wildman–Crippen LogP) is 3.52. The lowest BCUT2D eigenvalue weighted by molar-refractivity contribution is 0.0590. The van der Waals surface area contributed by atoms with Gasteiger partial charge in [0.05, 0.1) is 13.2 Å². The van der Waals surface area contributed by atoms with Crippen LogP contribution in [0.15, 0.2) is 60.7 Å². The molecule has 21 heavy (non-hydrogen) atoms. The van der Waals surface area contributed by atoms with Gasteiger partial charge in [0.2, 0.25) is 0 Å². The van der Waals surface area contributed by atoms with Crippen LogP contribution >= 0.6 is 0 Å². The molecule has 0 spiro atoms. The summed E-state index contributed by atoms with van der Waals surface area (Å²) in [6.07, 6.45) is 2.41. The number of rotatable bonds is 5. The lowest BCUT2D eigenvalue weighted by Gasteiger charge is -2.38. The molecule has 1 N–H and O–H groups in total. The fourth-order valence-electron chi connectivity index (χ4n) is 3.15. The van der Waals surface area contributed by atoms with Crippen LogP contribution in [-0.2, 0) is 16.8 Å². The Morgan fingerprint density at radius 2 is 1.67 bits per heavy atom. The Kier molecular flexibility index (Phi) is 4.69. The molecule has 0 aromatic heterocycles. The summed E-state index contributed by atoms with van der Waals surface area (Å²) >= 11 is 0. The molecule has 2 aromatic carbocycles. The molecule has 1 unspecified atom stereocenters. The minimum atomic E-state index is 0.119. The molecule has 1 aliphatic rings. The number of piperidine rings is 1. The summed E-state index contributed by atoms with van der Waals surface area (Å²) in [6.45, 7) is 3.59. The normalized spacial score (nSPS) is 22.1. The van der Waals surface area contributed by atoms with Gasteiger partial charge in [0.25, 0.3) is 0 Å². The molecular weight excluding hydrogens is 258 g/mol. The highest BCUT2D eigenvalue weighted by Gasteiger charge is 2.34. The molecule has 1 aliphatic heterocycles. The van der Waals surface area contributed by atoms with Crippen molar-refractivity contribution in [2.24, 2.45) is 0 Å². The second-order valence-corrected chi connectivity index (χ2v) is 5.91. The summed E-state index contributed by atoms with van der Waals surface area (Å²) in [5.41, 5.74) is 2.75. The van der Waals surface area contributed by atoms with E-state index in [-0.39, 0.29) is 5.41 Å². The quantitative estimate of drug-likeness (QED) is 0.905. The van der Waals surface area contributed by atoms with Crippen molar-refractivity contribution in [3.05, 3.63) is 71.8 Å². The molecule has 3 rings (SSSR count). The zero-order valence-electron chi connectivity index (χ0n) is 12.4. The van der Waals surface area contributed by atoms with E-state index in [0.717, 1.165) is 19.7 Å². The Morgan fingerprint density at radius 1 is 0.952 bits per heavy atom. The van der Waals surface area contributed by atoms with E-state index in [9.17, 15) is 0 Å². The summed E-state index contributed by atoms with van der Waals surface area (Å²) < 4.78 is 6.08. The number of ether oxygens (including phenoxy) is 1. The van der Waals surface area contributed by atoms with E-state index < -0.39 is 0 Å². The maximum absolute atomic E-state index is 6.08. The van der Waals surface area contributed by atoms with Crippen molar-refractivity contribution in [2.75, 3.05) is 19.7 Å². The molecule has 0 amide bonds. The van der Waals surface area contributed by atoms with Crippen molar-refractivity contribution in [1.82, 2.24) is 5.32 Å². The van der Waals surface area contributed by atoms with Crippen LogP contribution in [-0.4, -0.2) is 19.7 Å². The van der Waals surface area contributed by atoms with Crippen molar-refractivity contribution in [3.63, 3.8) is 0 Å². The predicted molar refractivity (Wildman–Crippen MR) is 86.3 cm³/mol. The Bertz CT molecular complexity index is 532. The second kappa shape index (κ2) is 6.88. The second-order valence-electron chi connectivity index (χ2n) is 5.91. The molecule has 0 aliphatic carbocycles. The Balaban J connectivity index is 1.68. The van der Waals surface area contributed by atoms with Gasteiger partial charge in [0.1, 0.15) is 0 Å². The highest BCUT2D eigenvalue weighted by atomic mass is 16.5. The minimum Gasteiger partial charge on any atom is -0.376 e. The largest absolute Gasteiger partial charge is 0.376 e. The Hall–Kier alpha value is -1.64. The van der Waals surface area contributed by atoms with E-state index in [1.54, 1.807) is 0 Å². The average molecular weight is 281 g/mol. The highest BCUT2D eigenvalue weighted by molar-refractivity contribution is 5.27. The topological polar surface area (TPSA) is 21.3 Å². The maximum Gasteiger partial charge on any atom is 0.0717 e. The minimum absolute atomic E-state index is 0.119. The van der Waals surface area contributed by atoms with Crippen LogP contribution in [0.25, 0.3) is 0 Å². The van der Waals surface area contributed by atoms with Crippen molar-refractivity contribution < 1.29 is 4.74 Å². The van der Waals surface area contributed by atoms with Crippen LogP contribution in [0.2, 0.25) is 0 Å². The van der Waals surface area contributed by atoms with Gasteiger partial charge < -0.3 is 10.1 Å². The van der Waals surface area contributed by atoms with Crippen LogP contribution in [0, 0.1) is 0 Å². The molecule has 2 nitrogen and oxygen atoms in total. The van der Waals surface area contributed by atoms with Crippen LogP contribution in [0.4, 0.5) is 0 Å². The van der Waals surface area contributed by atoms with E-state index in [1.165, 1.54) is 24.0 Å². The molecule has 1 atom stereocenters. The molecule has 110 valence electrons. The summed E-state index contributed by atoms with van der Waals surface area (Å²) in [7, 11) is 0. The Morgan fingerprint density at radius 3 is 2.33 bits per heavy atom. The fraction of sp³-hybridized carbons (Fsp3) is 0.368. The Labute approximate surface area is 127 Å². The molecule has 1 saturated heterocycles. The first kappa shape index (κ1) is 14.3. The van der Waals surface area contributed by atoms with Crippen LogP contribution < -0.4 is 5.32 Å².